The van der Waals surface area contributed by atoms with E-state index in [1.807, 2.05) is 59.0 Å². The largest absolute Gasteiger partial charge is 0.348 e. The SMILES string of the molecule is CN(C(=O)CC(NC(=O)C1=Cc2cnc3cccc(n23)S1)C1CCNCC1)c1ccccc1. The highest BCUT2D eigenvalue weighted by Gasteiger charge is 2.30. The van der Waals surface area contributed by atoms with Gasteiger partial charge in [0.1, 0.15) is 5.65 Å². The Labute approximate surface area is 197 Å². The number of aromatic nitrogens is 2. The number of rotatable bonds is 6. The van der Waals surface area contributed by atoms with Crippen molar-refractivity contribution in [3.8, 4) is 0 Å². The van der Waals surface area contributed by atoms with E-state index < -0.39 is 0 Å². The maximum Gasteiger partial charge on any atom is 0.258 e. The molecule has 2 aromatic heterocycles. The first-order valence-corrected chi connectivity index (χ1v) is 12.1. The van der Waals surface area contributed by atoms with Crippen LogP contribution < -0.4 is 15.5 Å². The van der Waals surface area contributed by atoms with Gasteiger partial charge in [0.15, 0.2) is 0 Å². The highest BCUT2D eigenvalue weighted by Crippen LogP contribution is 2.34. The van der Waals surface area contributed by atoms with Gasteiger partial charge in [-0.3, -0.25) is 14.0 Å². The molecule has 7 nitrogen and oxygen atoms in total. The molecule has 8 heteroatoms. The number of nitrogens with one attached hydrogen (secondary N) is 2. The van der Waals surface area contributed by atoms with Gasteiger partial charge in [-0.25, -0.2) is 4.98 Å². The summed E-state index contributed by atoms with van der Waals surface area (Å²) < 4.78 is 2.05. The topological polar surface area (TPSA) is 78.7 Å². The van der Waals surface area contributed by atoms with Crippen LogP contribution in [0.3, 0.4) is 0 Å². The van der Waals surface area contributed by atoms with Crippen molar-refractivity contribution in [1.29, 1.82) is 0 Å². The minimum absolute atomic E-state index is 0.00171. The smallest absolute Gasteiger partial charge is 0.258 e. The van der Waals surface area contributed by atoms with E-state index in [2.05, 4.69) is 15.6 Å². The molecule has 2 aliphatic heterocycles. The first-order valence-electron chi connectivity index (χ1n) is 11.3. The Balaban J connectivity index is 1.34. The summed E-state index contributed by atoms with van der Waals surface area (Å²) in [5.41, 5.74) is 2.61. The van der Waals surface area contributed by atoms with Gasteiger partial charge in [-0.2, -0.15) is 0 Å². The number of hydrogen-bond donors (Lipinski definition) is 2. The monoisotopic (exact) mass is 461 g/mol. The van der Waals surface area contributed by atoms with E-state index in [1.54, 1.807) is 18.1 Å². The summed E-state index contributed by atoms with van der Waals surface area (Å²) in [6.45, 7) is 1.80. The fraction of sp³-hybridized carbons (Fsp3) is 0.320. The number of piperidine rings is 1. The van der Waals surface area contributed by atoms with Crippen LogP contribution in [-0.4, -0.2) is 47.4 Å². The third kappa shape index (κ3) is 4.54. The molecular formula is C25H27N5O2S. The molecule has 0 spiro atoms. The maximum absolute atomic E-state index is 13.4. The normalized spacial score (nSPS) is 16.8. The number of nitrogens with zero attached hydrogens (tertiary/aromatic N) is 3. The lowest BCUT2D eigenvalue weighted by Crippen LogP contribution is -2.47. The highest BCUT2D eigenvalue weighted by atomic mass is 32.2. The van der Waals surface area contributed by atoms with Crippen molar-refractivity contribution in [1.82, 2.24) is 20.0 Å². The lowest BCUT2D eigenvalue weighted by molar-refractivity contribution is -0.120. The molecule has 1 fully saturated rings. The standard InChI is InChI=1S/C25H27N5O2S/c1-29(18-6-3-2-4-7-18)23(31)15-20(17-10-12-26-13-11-17)28-25(32)21-14-19-16-27-22-8-5-9-24(33-21)30(19)22/h2-9,14,16-17,20,26H,10-13,15H2,1H3,(H,28,32). The molecule has 4 heterocycles. The molecule has 0 radical (unpaired) electrons. The molecular weight excluding hydrogens is 434 g/mol. The summed E-state index contributed by atoms with van der Waals surface area (Å²) in [5.74, 6) is 0.118. The number of imidazole rings is 1. The molecule has 2 amide bonds. The van der Waals surface area contributed by atoms with Crippen LogP contribution >= 0.6 is 11.8 Å². The van der Waals surface area contributed by atoms with Crippen LogP contribution in [0.15, 0.2) is 64.7 Å². The number of pyridine rings is 1. The van der Waals surface area contributed by atoms with Crippen molar-refractivity contribution in [3.05, 3.63) is 65.3 Å². The van der Waals surface area contributed by atoms with Crippen molar-refractivity contribution < 1.29 is 9.59 Å². The Bertz CT molecular complexity index is 1200. The zero-order chi connectivity index (χ0) is 22.8. The van der Waals surface area contributed by atoms with Crippen LogP contribution in [0, 0.1) is 5.92 Å². The van der Waals surface area contributed by atoms with Gasteiger partial charge in [-0.15, -0.1) is 0 Å². The molecule has 1 aromatic carbocycles. The van der Waals surface area contributed by atoms with E-state index in [0.29, 0.717) is 4.91 Å². The fourth-order valence-electron chi connectivity index (χ4n) is 4.54. The van der Waals surface area contributed by atoms with Crippen LogP contribution in [0.1, 0.15) is 25.0 Å². The molecule has 0 bridgehead atoms. The third-order valence-corrected chi connectivity index (χ3v) is 7.47. The van der Waals surface area contributed by atoms with Crippen molar-refractivity contribution in [2.45, 2.75) is 30.3 Å². The van der Waals surface area contributed by atoms with Crippen molar-refractivity contribution >= 4 is 41.0 Å². The first kappa shape index (κ1) is 21.7. The average Bonchev–Trinajstić information content (AvgIpc) is 3.28. The number of thioether (sulfide) groups is 1. The van der Waals surface area contributed by atoms with Crippen LogP contribution in [0.4, 0.5) is 5.69 Å². The van der Waals surface area contributed by atoms with E-state index in [-0.39, 0.29) is 30.2 Å². The molecule has 5 rings (SSSR count). The third-order valence-electron chi connectivity index (χ3n) is 6.42. The van der Waals surface area contributed by atoms with Gasteiger partial charge in [-0.1, -0.05) is 36.0 Å². The Morgan fingerprint density at radius 1 is 1.18 bits per heavy atom. The van der Waals surface area contributed by atoms with Gasteiger partial charge in [0, 0.05) is 25.2 Å². The van der Waals surface area contributed by atoms with Crippen molar-refractivity contribution in [2.75, 3.05) is 25.0 Å². The van der Waals surface area contributed by atoms with Gasteiger partial charge in [0.05, 0.1) is 21.8 Å². The number of hydrogen-bond acceptors (Lipinski definition) is 5. The predicted octanol–water partition coefficient (Wildman–Crippen LogP) is 3.32. The maximum atomic E-state index is 13.4. The lowest BCUT2D eigenvalue weighted by Gasteiger charge is -2.32. The van der Waals surface area contributed by atoms with Crippen LogP contribution in [-0.2, 0) is 9.59 Å². The van der Waals surface area contributed by atoms with Crippen LogP contribution in [0.2, 0.25) is 0 Å². The molecule has 33 heavy (non-hydrogen) atoms. The second kappa shape index (κ2) is 9.41. The quantitative estimate of drug-likeness (QED) is 0.589. The molecule has 3 aromatic rings. The molecule has 170 valence electrons. The minimum atomic E-state index is -0.220. The number of amides is 2. The number of carbonyl (C=O) groups is 2. The second-order valence-electron chi connectivity index (χ2n) is 8.51. The molecule has 1 atom stereocenters. The molecule has 2 N–H and O–H groups in total. The summed E-state index contributed by atoms with van der Waals surface area (Å²) in [7, 11) is 1.79. The van der Waals surface area contributed by atoms with E-state index in [4.69, 9.17) is 0 Å². The highest BCUT2D eigenvalue weighted by molar-refractivity contribution is 8.04. The predicted molar refractivity (Wildman–Crippen MR) is 131 cm³/mol. The summed E-state index contributed by atoms with van der Waals surface area (Å²) in [6, 6.07) is 15.3. The molecule has 0 saturated carbocycles. The van der Waals surface area contributed by atoms with Gasteiger partial charge in [0.2, 0.25) is 5.91 Å². The molecule has 1 saturated heterocycles. The van der Waals surface area contributed by atoms with Crippen LogP contribution in [0.25, 0.3) is 11.7 Å². The fourth-order valence-corrected chi connectivity index (χ4v) is 5.53. The number of anilines is 1. The Morgan fingerprint density at radius 3 is 2.76 bits per heavy atom. The van der Waals surface area contributed by atoms with Crippen LogP contribution in [0.5, 0.6) is 0 Å². The Hall–Kier alpha value is -3.10. The second-order valence-corrected chi connectivity index (χ2v) is 9.57. The number of benzene rings is 1. The van der Waals surface area contributed by atoms with Gasteiger partial charge >= 0.3 is 0 Å². The van der Waals surface area contributed by atoms with E-state index >= 15 is 0 Å². The van der Waals surface area contributed by atoms with Gasteiger partial charge < -0.3 is 15.5 Å². The average molecular weight is 462 g/mol. The molecule has 2 aliphatic rings. The summed E-state index contributed by atoms with van der Waals surface area (Å²) in [6.07, 6.45) is 5.81. The number of carbonyl (C=O) groups excluding carboxylic acids is 2. The molecule has 1 unspecified atom stereocenters. The zero-order valence-corrected chi connectivity index (χ0v) is 19.3. The Kier molecular flexibility index (Phi) is 6.20. The zero-order valence-electron chi connectivity index (χ0n) is 18.5. The first-order chi connectivity index (χ1) is 16.1. The summed E-state index contributed by atoms with van der Waals surface area (Å²) >= 11 is 1.44. The van der Waals surface area contributed by atoms with Crippen molar-refractivity contribution in [2.24, 2.45) is 5.92 Å². The van der Waals surface area contributed by atoms with E-state index in [1.165, 1.54) is 11.8 Å². The van der Waals surface area contributed by atoms with Gasteiger partial charge in [0.25, 0.3) is 5.91 Å². The number of para-hydroxylation sites is 1. The Morgan fingerprint density at radius 2 is 1.97 bits per heavy atom. The van der Waals surface area contributed by atoms with E-state index in [0.717, 1.165) is 48.0 Å². The summed E-state index contributed by atoms with van der Waals surface area (Å²) in [5, 5.41) is 7.55. The molecule has 0 aliphatic carbocycles. The minimum Gasteiger partial charge on any atom is -0.348 e. The van der Waals surface area contributed by atoms with Crippen molar-refractivity contribution in [3.63, 3.8) is 0 Å². The summed E-state index contributed by atoms with van der Waals surface area (Å²) in [4.78, 5) is 33.2. The lowest BCUT2D eigenvalue weighted by atomic mass is 9.88. The van der Waals surface area contributed by atoms with E-state index in [9.17, 15) is 9.59 Å². The van der Waals surface area contributed by atoms with Gasteiger partial charge in [-0.05, 0) is 62.2 Å².